The van der Waals surface area contributed by atoms with Crippen LogP contribution in [0.25, 0.3) is 0 Å². The first-order chi connectivity index (χ1) is 12.5. The van der Waals surface area contributed by atoms with Crippen LogP contribution in [0.15, 0.2) is 17.0 Å². The topological polar surface area (TPSA) is 75.7 Å². The van der Waals surface area contributed by atoms with Crippen molar-refractivity contribution in [3.8, 4) is 0 Å². The fourth-order valence-electron chi connectivity index (χ4n) is 5.09. The van der Waals surface area contributed by atoms with Gasteiger partial charge in [-0.25, -0.2) is 13.1 Å². The summed E-state index contributed by atoms with van der Waals surface area (Å²) in [7, 11) is -3.55. The average Bonchev–Trinajstić information content (AvgIpc) is 3.08. The Kier molecular flexibility index (Phi) is 3.71. The van der Waals surface area contributed by atoms with Gasteiger partial charge in [-0.15, -0.1) is 0 Å². The molecule has 1 N–H and O–H groups in total. The molecule has 5 rings (SSSR count). The quantitative estimate of drug-likeness (QED) is 0.872. The van der Waals surface area contributed by atoms with Crippen molar-refractivity contribution in [2.45, 2.75) is 55.9 Å². The van der Waals surface area contributed by atoms with E-state index in [0.717, 1.165) is 62.1 Å². The number of rotatable bonds is 3. The lowest BCUT2D eigenvalue weighted by atomic mass is 9.60. The monoisotopic (exact) mass is 376 g/mol. The van der Waals surface area contributed by atoms with Crippen LogP contribution in [-0.4, -0.2) is 40.1 Å². The molecule has 1 atom stereocenters. The standard InChI is InChI=1S/C19H24N2O4S/c22-17-2-1-13-11-15(12-14-4-8-21(17)18(13)14)26(23,24)20-16-3-5-19(16)6-9-25-10-7-19/h11-12,16,20H,1-10H2. The number of nitrogens with zero attached hydrogens (tertiary/aromatic N) is 1. The Labute approximate surface area is 153 Å². The molecule has 3 heterocycles. The first kappa shape index (κ1) is 16.7. The van der Waals surface area contributed by atoms with Gasteiger partial charge in [0.1, 0.15) is 0 Å². The molecule has 6 nitrogen and oxygen atoms in total. The van der Waals surface area contributed by atoms with Gasteiger partial charge in [0.25, 0.3) is 0 Å². The zero-order valence-electron chi connectivity index (χ0n) is 14.8. The van der Waals surface area contributed by atoms with Crippen molar-refractivity contribution in [3.63, 3.8) is 0 Å². The molecule has 1 unspecified atom stereocenters. The maximum absolute atomic E-state index is 13.1. The number of hydrogen-bond donors (Lipinski definition) is 1. The maximum atomic E-state index is 13.1. The lowest BCUT2D eigenvalue weighted by molar-refractivity contribution is -0.118. The van der Waals surface area contributed by atoms with Crippen molar-refractivity contribution in [2.24, 2.45) is 5.41 Å². The van der Waals surface area contributed by atoms with Crippen LogP contribution in [0.1, 0.15) is 43.2 Å². The molecular weight excluding hydrogens is 352 g/mol. The van der Waals surface area contributed by atoms with Gasteiger partial charge in [0, 0.05) is 32.2 Å². The fourth-order valence-corrected chi connectivity index (χ4v) is 6.57. The number of hydrogen-bond acceptors (Lipinski definition) is 4. The number of nitrogens with one attached hydrogen (secondary N) is 1. The molecule has 1 aliphatic carbocycles. The van der Waals surface area contributed by atoms with E-state index < -0.39 is 10.0 Å². The van der Waals surface area contributed by atoms with E-state index in [0.29, 0.717) is 24.3 Å². The number of benzene rings is 1. The van der Waals surface area contributed by atoms with Gasteiger partial charge in [0.05, 0.1) is 10.6 Å². The molecule has 0 bridgehead atoms. The highest BCUT2D eigenvalue weighted by atomic mass is 32.2. The Balaban J connectivity index is 1.44. The van der Waals surface area contributed by atoms with Crippen molar-refractivity contribution in [2.75, 3.05) is 24.7 Å². The van der Waals surface area contributed by atoms with Gasteiger partial charge in [-0.1, -0.05) is 0 Å². The third kappa shape index (κ3) is 2.44. The van der Waals surface area contributed by atoms with Gasteiger partial charge < -0.3 is 9.64 Å². The Hall–Kier alpha value is -1.44. The van der Waals surface area contributed by atoms with Gasteiger partial charge in [-0.2, -0.15) is 0 Å². The molecule has 3 aliphatic heterocycles. The van der Waals surface area contributed by atoms with Gasteiger partial charge in [0.2, 0.25) is 15.9 Å². The second kappa shape index (κ2) is 5.78. The maximum Gasteiger partial charge on any atom is 0.240 e. The fraction of sp³-hybridized carbons (Fsp3) is 0.632. The summed E-state index contributed by atoms with van der Waals surface area (Å²) in [6.45, 7) is 2.13. The summed E-state index contributed by atoms with van der Waals surface area (Å²) >= 11 is 0. The minimum absolute atomic E-state index is 0.0130. The van der Waals surface area contributed by atoms with Crippen LogP contribution in [-0.2, 0) is 32.4 Å². The second-order valence-electron chi connectivity index (χ2n) is 8.07. The highest BCUT2D eigenvalue weighted by molar-refractivity contribution is 7.89. The van der Waals surface area contributed by atoms with Crippen LogP contribution < -0.4 is 9.62 Å². The van der Waals surface area contributed by atoms with Gasteiger partial charge >= 0.3 is 0 Å². The van der Waals surface area contributed by atoms with Crippen molar-refractivity contribution in [3.05, 3.63) is 23.3 Å². The molecule has 26 heavy (non-hydrogen) atoms. The largest absolute Gasteiger partial charge is 0.381 e. The Bertz CT molecular complexity index is 874. The number of anilines is 1. The molecule has 1 saturated carbocycles. The zero-order valence-corrected chi connectivity index (χ0v) is 15.6. The van der Waals surface area contributed by atoms with Crippen molar-refractivity contribution >= 4 is 21.6 Å². The minimum Gasteiger partial charge on any atom is -0.381 e. The van der Waals surface area contributed by atoms with Crippen molar-refractivity contribution in [1.82, 2.24) is 4.72 Å². The molecule has 7 heteroatoms. The molecule has 1 aromatic rings. The lowest BCUT2D eigenvalue weighted by Crippen LogP contribution is -2.57. The van der Waals surface area contributed by atoms with Gasteiger partial charge in [-0.3, -0.25) is 4.79 Å². The van der Waals surface area contributed by atoms with Crippen LogP contribution in [0.2, 0.25) is 0 Å². The van der Waals surface area contributed by atoms with Gasteiger partial charge in [-0.05, 0) is 67.2 Å². The zero-order chi connectivity index (χ0) is 17.9. The number of amides is 1. The summed E-state index contributed by atoms with van der Waals surface area (Å²) in [5.74, 6) is 0.154. The molecule has 1 saturated heterocycles. The van der Waals surface area contributed by atoms with E-state index in [9.17, 15) is 13.2 Å². The van der Waals surface area contributed by atoms with Crippen LogP contribution >= 0.6 is 0 Å². The summed E-state index contributed by atoms with van der Waals surface area (Å²) in [6, 6.07) is 3.56. The van der Waals surface area contributed by atoms with E-state index in [4.69, 9.17) is 4.74 Å². The molecule has 2 fully saturated rings. The molecule has 4 aliphatic rings. The summed E-state index contributed by atoms with van der Waals surface area (Å²) in [4.78, 5) is 14.2. The summed E-state index contributed by atoms with van der Waals surface area (Å²) in [6.07, 6.45) is 5.69. The number of sulfonamides is 1. The van der Waals surface area contributed by atoms with Crippen LogP contribution in [0, 0.1) is 5.41 Å². The van der Waals surface area contributed by atoms with E-state index >= 15 is 0 Å². The minimum atomic E-state index is -3.55. The number of carbonyl (C=O) groups excluding carboxylic acids is 1. The van der Waals surface area contributed by atoms with Gasteiger partial charge in [0.15, 0.2) is 0 Å². The van der Waals surface area contributed by atoms with E-state index in [1.54, 1.807) is 12.1 Å². The lowest BCUT2D eigenvalue weighted by Gasteiger charge is -2.51. The Morgan fingerprint density at radius 3 is 2.50 bits per heavy atom. The van der Waals surface area contributed by atoms with E-state index in [2.05, 4.69) is 4.72 Å². The van der Waals surface area contributed by atoms with Crippen molar-refractivity contribution in [1.29, 1.82) is 0 Å². The summed E-state index contributed by atoms with van der Waals surface area (Å²) in [5, 5.41) is 0. The average molecular weight is 376 g/mol. The number of carbonyl (C=O) groups is 1. The number of ether oxygens (including phenoxy) is 1. The van der Waals surface area contributed by atoms with Crippen molar-refractivity contribution < 1.29 is 17.9 Å². The smallest absolute Gasteiger partial charge is 0.240 e. The first-order valence-electron chi connectivity index (χ1n) is 9.55. The van der Waals surface area contributed by atoms with E-state index in [1.807, 2.05) is 4.90 Å². The highest BCUT2D eigenvalue weighted by Crippen LogP contribution is 2.49. The van der Waals surface area contributed by atoms with E-state index in [-0.39, 0.29) is 17.4 Å². The third-order valence-electron chi connectivity index (χ3n) is 6.79. The SMILES string of the molecule is O=C1CCc2cc(S(=O)(=O)NC3CCC34CCOCC4)cc3c2N1CC3. The van der Waals surface area contributed by atoms with E-state index in [1.165, 1.54) is 0 Å². The predicted molar refractivity (Wildman–Crippen MR) is 96.6 cm³/mol. The second-order valence-corrected chi connectivity index (χ2v) is 9.79. The summed E-state index contributed by atoms with van der Waals surface area (Å²) < 4.78 is 34.6. The molecule has 140 valence electrons. The van der Waals surface area contributed by atoms with Crippen LogP contribution in [0.3, 0.4) is 0 Å². The molecule has 0 radical (unpaired) electrons. The highest BCUT2D eigenvalue weighted by Gasteiger charge is 2.49. The normalized spacial score (nSPS) is 26.7. The summed E-state index contributed by atoms with van der Waals surface area (Å²) in [5.41, 5.74) is 3.03. The third-order valence-corrected chi connectivity index (χ3v) is 8.24. The van der Waals surface area contributed by atoms with Crippen LogP contribution in [0.5, 0.6) is 0 Å². The molecule has 1 amide bonds. The molecular formula is C19H24N2O4S. The molecule has 0 aromatic heterocycles. The Morgan fingerprint density at radius 1 is 1.08 bits per heavy atom. The molecule has 1 spiro atoms. The predicted octanol–water partition coefficient (Wildman–Crippen LogP) is 1.76. The Morgan fingerprint density at radius 2 is 1.81 bits per heavy atom. The first-order valence-corrected chi connectivity index (χ1v) is 11.0. The van der Waals surface area contributed by atoms with Crippen LogP contribution in [0.4, 0.5) is 5.69 Å². The number of aryl methyl sites for hydroxylation is 1. The molecule has 1 aromatic carbocycles.